The van der Waals surface area contributed by atoms with Crippen LogP contribution in [0.3, 0.4) is 0 Å². The predicted molar refractivity (Wildman–Crippen MR) is 116 cm³/mol. The van der Waals surface area contributed by atoms with Crippen molar-refractivity contribution in [2.45, 2.75) is 20.5 Å². The van der Waals surface area contributed by atoms with E-state index in [2.05, 4.69) is 6.58 Å². The SMILES string of the molecule is C=CC=C(C(=O)OCC)c1cc(OC)c(OCc2ccc(OCC)cc2)c(OC)c1. The zero-order valence-electron chi connectivity index (χ0n) is 17.9. The molecule has 0 aliphatic heterocycles. The molecule has 2 aromatic rings. The normalized spacial score (nSPS) is 10.9. The Morgan fingerprint density at radius 2 is 1.60 bits per heavy atom. The summed E-state index contributed by atoms with van der Waals surface area (Å²) in [5, 5.41) is 0. The van der Waals surface area contributed by atoms with E-state index in [9.17, 15) is 4.79 Å². The topological polar surface area (TPSA) is 63.2 Å². The lowest BCUT2D eigenvalue weighted by Gasteiger charge is -2.17. The highest BCUT2D eigenvalue weighted by Gasteiger charge is 2.20. The largest absolute Gasteiger partial charge is 0.494 e. The molecule has 160 valence electrons. The lowest BCUT2D eigenvalue weighted by atomic mass is 10.0. The second kappa shape index (κ2) is 11.6. The van der Waals surface area contributed by atoms with Crippen LogP contribution < -0.4 is 18.9 Å². The Labute approximate surface area is 177 Å². The van der Waals surface area contributed by atoms with Crippen LogP contribution in [0.15, 0.2) is 55.1 Å². The van der Waals surface area contributed by atoms with Gasteiger partial charge in [0, 0.05) is 0 Å². The van der Waals surface area contributed by atoms with Crippen LogP contribution in [0.25, 0.3) is 5.57 Å². The Kier molecular flexibility index (Phi) is 8.81. The molecule has 2 rings (SSSR count). The summed E-state index contributed by atoms with van der Waals surface area (Å²) < 4.78 is 27.6. The molecule has 0 heterocycles. The summed E-state index contributed by atoms with van der Waals surface area (Å²) >= 11 is 0. The summed E-state index contributed by atoms with van der Waals surface area (Å²) in [5.74, 6) is 1.68. The van der Waals surface area contributed by atoms with Gasteiger partial charge in [0.25, 0.3) is 0 Å². The van der Waals surface area contributed by atoms with Gasteiger partial charge in [-0.2, -0.15) is 0 Å². The predicted octanol–water partition coefficient (Wildman–Crippen LogP) is 4.81. The minimum atomic E-state index is -0.454. The summed E-state index contributed by atoms with van der Waals surface area (Å²) in [6.45, 7) is 8.56. The van der Waals surface area contributed by atoms with E-state index < -0.39 is 5.97 Å². The fraction of sp³-hybridized carbons (Fsp3) is 0.292. The van der Waals surface area contributed by atoms with Crippen LogP contribution in [0.2, 0.25) is 0 Å². The quantitative estimate of drug-likeness (QED) is 0.300. The zero-order valence-corrected chi connectivity index (χ0v) is 17.9. The number of rotatable bonds is 11. The van der Waals surface area contributed by atoms with Crippen LogP contribution in [0.5, 0.6) is 23.0 Å². The third-order valence-electron chi connectivity index (χ3n) is 4.17. The summed E-state index contributed by atoms with van der Waals surface area (Å²) in [7, 11) is 3.06. The van der Waals surface area contributed by atoms with Gasteiger partial charge >= 0.3 is 5.97 Å². The first-order valence-corrected chi connectivity index (χ1v) is 9.68. The second-order valence-electron chi connectivity index (χ2n) is 6.11. The monoisotopic (exact) mass is 412 g/mol. The van der Waals surface area contributed by atoms with E-state index in [1.165, 1.54) is 20.3 Å². The maximum Gasteiger partial charge on any atom is 0.338 e. The summed E-state index contributed by atoms with van der Waals surface area (Å²) in [5.41, 5.74) is 1.89. The molecule has 6 nitrogen and oxygen atoms in total. The van der Waals surface area contributed by atoms with Crippen LogP contribution in [-0.2, 0) is 16.1 Å². The fourth-order valence-electron chi connectivity index (χ4n) is 2.79. The average Bonchev–Trinajstić information content (AvgIpc) is 2.76. The molecule has 0 N–H and O–H groups in total. The molecule has 0 aliphatic rings. The van der Waals surface area contributed by atoms with E-state index in [4.69, 9.17) is 23.7 Å². The number of methoxy groups -OCH3 is 2. The van der Waals surface area contributed by atoms with Crippen molar-refractivity contribution in [3.05, 3.63) is 66.3 Å². The number of esters is 1. The molecule has 0 aromatic heterocycles. The molecule has 0 saturated heterocycles. The smallest absolute Gasteiger partial charge is 0.338 e. The number of carbonyl (C=O) groups is 1. The van der Waals surface area contributed by atoms with Gasteiger partial charge in [-0.15, -0.1) is 0 Å². The molecule has 0 unspecified atom stereocenters. The zero-order chi connectivity index (χ0) is 21.9. The van der Waals surface area contributed by atoms with E-state index in [0.29, 0.717) is 41.6 Å². The third kappa shape index (κ3) is 5.80. The van der Waals surface area contributed by atoms with Crippen molar-refractivity contribution in [3.63, 3.8) is 0 Å². The number of hydrogen-bond acceptors (Lipinski definition) is 6. The molecule has 0 aliphatic carbocycles. The minimum Gasteiger partial charge on any atom is -0.494 e. The van der Waals surface area contributed by atoms with Crippen LogP contribution >= 0.6 is 0 Å². The van der Waals surface area contributed by atoms with Crippen molar-refractivity contribution in [2.75, 3.05) is 27.4 Å². The van der Waals surface area contributed by atoms with E-state index in [-0.39, 0.29) is 6.61 Å². The van der Waals surface area contributed by atoms with Crippen LogP contribution in [0.1, 0.15) is 25.0 Å². The minimum absolute atomic E-state index is 0.269. The Bertz CT molecular complexity index is 858. The van der Waals surface area contributed by atoms with Crippen molar-refractivity contribution < 1.29 is 28.5 Å². The van der Waals surface area contributed by atoms with E-state index >= 15 is 0 Å². The second-order valence-corrected chi connectivity index (χ2v) is 6.11. The highest BCUT2D eigenvalue weighted by atomic mass is 16.5. The van der Waals surface area contributed by atoms with E-state index in [1.807, 2.05) is 31.2 Å². The first-order valence-electron chi connectivity index (χ1n) is 9.68. The summed E-state index contributed by atoms with van der Waals surface area (Å²) in [6.07, 6.45) is 3.12. The number of allylic oxidation sites excluding steroid dienone is 2. The van der Waals surface area contributed by atoms with E-state index in [0.717, 1.165) is 11.3 Å². The van der Waals surface area contributed by atoms with Crippen molar-refractivity contribution in [2.24, 2.45) is 0 Å². The summed E-state index contributed by atoms with van der Waals surface area (Å²) in [6, 6.07) is 11.1. The van der Waals surface area contributed by atoms with Crippen molar-refractivity contribution >= 4 is 11.5 Å². The van der Waals surface area contributed by atoms with E-state index in [1.54, 1.807) is 25.1 Å². The first kappa shape index (κ1) is 22.9. The molecule has 6 heteroatoms. The summed E-state index contributed by atoms with van der Waals surface area (Å²) in [4.78, 5) is 12.3. The highest BCUT2D eigenvalue weighted by Crippen LogP contribution is 2.41. The van der Waals surface area contributed by atoms with Gasteiger partial charge in [0.05, 0.1) is 33.0 Å². The van der Waals surface area contributed by atoms with Gasteiger partial charge < -0.3 is 23.7 Å². The lowest BCUT2D eigenvalue weighted by Crippen LogP contribution is -2.08. The Balaban J connectivity index is 2.32. The molecule has 0 spiro atoms. The lowest BCUT2D eigenvalue weighted by molar-refractivity contribution is -0.136. The van der Waals surface area contributed by atoms with Gasteiger partial charge in [-0.1, -0.05) is 24.8 Å². The Hall–Kier alpha value is -3.41. The molecule has 0 atom stereocenters. The van der Waals surface area contributed by atoms with Gasteiger partial charge in [-0.05, 0) is 55.3 Å². The van der Waals surface area contributed by atoms with Crippen molar-refractivity contribution in [3.8, 4) is 23.0 Å². The molecular formula is C24H28O6. The number of hydrogen-bond donors (Lipinski definition) is 0. The number of benzene rings is 2. The van der Waals surface area contributed by atoms with Gasteiger partial charge in [-0.3, -0.25) is 0 Å². The molecule has 2 aromatic carbocycles. The van der Waals surface area contributed by atoms with Gasteiger partial charge in [-0.25, -0.2) is 4.79 Å². The molecular weight excluding hydrogens is 384 g/mol. The molecule has 0 amide bonds. The van der Waals surface area contributed by atoms with Crippen LogP contribution in [-0.4, -0.2) is 33.4 Å². The highest BCUT2D eigenvalue weighted by molar-refractivity contribution is 6.17. The standard InChI is InChI=1S/C24H28O6/c1-6-9-20(24(25)29-8-3)18-14-21(26-4)23(22(15-18)27-5)30-16-17-10-12-19(13-11-17)28-7-2/h6,9-15H,1,7-8,16H2,2-5H3. The third-order valence-corrected chi connectivity index (χ3v) is 4.17. The number of ether oxygens (including phenoxy) is 5. The first-order chi connectivity index (χ1) is 14.6. The Morgan fingerprint density at radius 3 is 2.10 bits per heavy atom. The maximum absolute atomic E-state index is 12.3. The Morgan fingerprint density at radius 1 is 0.967 bits per heavy atom. The molecule has 0 bridgehead atoms. The molecule has 0 fully saturated rings. The molecule has 0 radical (unpaired) electrons. The van der Waals surface area contributed by atoms with Crippen LogP contribution in [0.4, 0.5) is 0 Å². The van der Waals surface area contributed by atoms with Gasteiger partial charge in [0.2, 0.25) is 5.75 Å². The van der Waals surface area contributed by atoms with Crippen molar-refractivity contribution in [1.82, 2.24) is 0 Å². The van der Waals surface area contributed by atoms with Crippen molar-refractivity contribution in [1.29, 1.82) is 0 Å². The van der Waals surface area contributed by atoms with Gasteiger partial charge in [0.15, 0.2) is 11.5 Å². The number of carbonyl (C=O) groups excluding carboxylic acids is 1. The van der Waals surface area contributed by atoms with Gasteiger partial charge in [0.1, 0.15) is 12.4 Å². The maximum atomic E-state index is 12.3. The average molecular weight is 412 g/mol. The fourth-order valence-corrected chi connectivity index (χ4v) is 2.79. The molecule has 0 saturated carbocycles. The molecule has 30 heavy (non-hydrogen) atoms. The van der Waals surface area contributed by atoms with Crippen LogP contribution in [0, 0.1) is 0 Å².